The van der Waals surface area contributed by atoms with Crippen LogP contribution in [-0.2, 0) is 12.9 Å². The van der Waals surface area contributed by atoms with Gasteiger partial charge >= 0.3 is 12.1 Å². The van der Waals surface area contributed by atoms with E-state index >= 15 is 0 Å². The zero-order chi connectivity index (χ0) is 22.9. The SMILES string of the molecule is O=C(O)c1ccc(CF)c(-c2cnc3c(Nc4ncc(C(F)(F)F)cn4)ccnc3n2)n1. The van der Waals surface area contributed by atoms with Crippen molar-refractivity contribution in [1.29, 1.82) is 0 Å². The van der Waals surface area contributed by atoms with E-state index in [0.29, 0.717) is 18.1 Å². The number of pyridine rings is 2. The summed E-state index contributed by atoms with van der Waals surface area (Å²) in [5.74, 6) is -1.39. The molecule has 0 bridgehead atoms. The van der Waals surface area contributed by atoms with E-state index in [1.54, 1.807) is 0 Å². The maximum Gasteiger partial charge on any atom is 0.419 e. The molecule has 0 aliphatic carbocycles. The van der Waals surface area contributed by atoms with Gasteiger partial charge in [-0.05, 0) is 12.1 Å². The average Bonchev–Trinajstić information content (AvgIpc) is 2.78. The van der Waals surface area contributed by atoms with E-state index < -0.39 is 24.4 Å². The second-order valence-electron chi connectivity index (χ2n) is 6.35. The van der Waals surface area contributed by atoms with Crippen LogP contribution in [0.2, 0.25) is 0 Å². The summed E-state index contributed by atoms with van der Waals surface area (Å²) in [5, 5.41) is 11.9. The van der Waals surface area contributed by atoms with E-state index in [2.05, 4.69) is 35.2 Å². The Bertz CT molecular complexity index is 1310. The molecule has 162 valence electrons. The fraction of sp³-hybridized carbons (Fsp3) is 0.105. The highest BCUT2D eigenvalue weighted by Gasteiger charge is 2.31. The number of rotatable bonds is 5. The number of fused-ring (bicyclic) bond motifs is 1. The number of anilines is 2. The van der Waals surface area contributed by atoms with Crippen LogP contribution in [0.3, 0.4) is 0 Å². The maximum atomic E-state index is 13.4. The monoisotopic (exact) mass is 445 g/mol. The van der Waals surface area contributed by atoms with E-state index in [9.17, 15) is 22.4 Å². The first-order valence-corrected chi connectivity index (χ1v) is 8.84. The summed E-state index contributed by atoms with van der Waals surface area (Å²) in [6.45, 7) is -0.901. The number of alkyl halides is 4. The van der Waals surface area contributed by atoms with Gasteiger partial charge in [0, 0.05) is 24.2 Å². The minimum absolute atomic E-state index is 0.00744. The highest BCUT2D eigenvalue weighted by molar-refractivity contribution is 5.88. The van der Waals surface area contributed by atoms with Gasteiger partial charge in [0.15, 0.2) is 5.65 Å². The van der Waals surface area contributed by atoms with E-state index in [0.717, 1.165) is 0 Å². The molecule has 0 aromatic carbocycles. The Kier molecular flexibility index (Phi) is 5.30. The molecular weight excluding hydrogens is 434 g/mol. The second kappa shape index (κ2) is 8.09. The van der Waals surface area contributed by atoms with Crippen LogP contribution in [0.4, 0.5) is 29.2 Å². The fourth-order valence-electron chi connectivity index (χ4n) is 2.73. The van der Waals surface area contributed by atoms with Gasteiger partial charge in [0.1, 0.15) is 23.6 Å². The Morgan fingerprint density at radius 1 is 1.00 bits per heavy atom. The van der Waals surface area contributed by atoms with Crippen LogP contribution in [-0.4, -0.2) is 41.0 Å². The molecule has 0 aliphatic rings. The average molecular weight is 445 g/mol. The maximum absolute atomic E-state index is 13.4. The predicted octanol–water partition coefficient (Wildman–Crippen LogP) is 3.81. The number of nitrogens with zero attached hydrogens (tertiary/aromatic N) is 6. The molecule has 0 atom stereocenters. The van der Waals surface area contributed by atoms with Crippen molar-refractivity contribution in [2.24, 2.45) is 0 Å². The Morgan fingerprint density at radius 2 is 1.75 bits per heavy atom. The van der Waals surface area contributed by atoms with Gasteiger partial charge < -0.3 is 10.4 Å². The molecule has 0 saturated heterocycles. The first-order valence-electron chi connectivity index (χ1n) is 8.84. The predicted molar refractivity (Wildman–Crippen MR) is 103 cm³/mol. The topological polar surface area (TPSA) is 127 Å². The van der Waals surface area contributed by atoms with Crippen LogP contribution in [0, 0.1) is 0 Å². The lowest BCUT2D eigenvalue weighted by Crippen LogP contribution is -2.08. The number of aromatic nitrogens is 6. The van der Waals surface area contributed by atoms with Gasteiger partial charge in [0.2, 0.25) is 5.95 Å². The van der Waals surface area contributed by atoms with Crippen LogP contribution in [0.25, 0.3) is 22.6 Å². The number of aromatic carboxylic acids is 1. The van der Waals surface area contributed by atoms with E-state index in [-0.39, 0.29) is 39.8 Å². The van der Waals surface area contributed by atoms with E-state index in [1.807, 2.05) is 0 Å². The summed E-state index contributed by atoms with van der Waals surface area (Å²) in [4.78, 5) is 35.0. The van der Waals surface area contributed by atoms with Crippen molar-refractivity contribution in [2.45, 2.75) is 12.9 Å². The van der Waals surface area contributed by atoms with E-state index in [4.69, 9.17) is 5.11 Å². The third-order valence-corrected chi connectivity index (χ3v) is 4.26. The van der Waals surface area contributed by atoms with Crippen molar-refractivity contribution in [1.82, 2.24) is 29.9 Å². The quantitative estimate of drug-likeness (QED) is 0.441. The smallest absolute Gasteiger partial charge is 0.419 e. The zero-order valence-corrected chi connectivity index (χ0v) is 15.8. The van der Waals surface area contributed by atoms with E-state index in [1.165, 1.54) is 30.6 Å². The van der Waals surface area contributed by atoms with Crippen LogP contribution >= 0.6 is 0 Å². The molecule has 13 heteroatoms. The molecule has 0 radical (unpaired) electrons. The normalized spacial score (nSPS) is 11.5. The molecule has 32 heavy (non-hydrogen) atoms. The van der Waals surface area contributed by atoms with Gasteiger partial charge in [0.25, 0.3) is 0 Å². The first-order chi connectivity index (χ1) is 15.3. The summed E-state index contributed by atoms with van der Waals surface area (Å²) in [6.07, 6.45) is -0.654. The van der Waals surface area contributed by atoms with Gasteiger partial charge in [-0.25, -0.2) is 39.1 Å². The van der Waals surface area contributed by atoms with Crippen molar-refractivity contribution in [3.63, 3.8) is 0 Å². The lowest BCUT2D eigenvalue weighted by atomic mass is 10.1. The molecule has 0 spiro atoms. The molecule has 4 aromatic rings. The van der Waals surface area contributed by atoms with Crippen molar-refractivity contribution in [2.75, 3.05) is 5.32 Å². The number of hydrogen-bond donors (Lipinski definition) is 2. The summed E-state index contributed by atoms with van der Waals surface area (Å²) in [7, 11) is 0. The number of carbonyl (C=O) groups is 1. The number of halogens is 4. The molecule has 2 N–H and O–H groups in total. The highest BCUT2D eigenvalue weighted by Crippen LogP contribution is 2.29. The molecule has 0 amide bonds. The van der Waals surface area contributed by atoms with Crippen molar-refractivity contribution in [3.05, 3.63) is 59.8 Å². The van der Waals surface area contributed by atoms with Crippen molar-refractivity contribution >= 4 is 28.8 Å². The number of carboxylic acids is 1. The molecule has 0 saturated carbocycles. The van der Waals surface area contributed by atoms with Crippen molar-refractivity contribution in [3.8, 4) is 11.4 Å². The standard InChI is InChI=1S/C19H11F4N7O2/c20-5-9-1-2-12(17(31)32)28-14(9)13-8-25-15-11(3-4-24-16(15)29-13)30-18-26-6-10(7-27-18)19(21,22)23/h1-4,6-8H,5H2,(H,31,32)(H,24,26,27,29,30). The summed E-state index contributed by atoms with van der Waals surface area (Å²) in [5.41, 5.74) is -0.406. The number of nitrogens with one attached hydrogen (secondary N) is 1. The van der Waals surface area contributed by atoms with Gasteiger partial charge in [-0.3, -0.25) is 0 Å². The molecule has 0 aliphatic heterocycles. The Balaban J connectivity index is 1.71. The van der Waals surface area contributed by atoms with Gasteiger partial charge in [0.05, 0.1) is 23.1 Å². The molecular formula is C19H11F4N7O2. The lowest BCUT2D eigenvalue weighted by Gasteiger charge is -2.10. The van der Waals surface area contributed by atoms with Gasteiger partial charge in [-0.1, -0.05) is 6.07 Å². The second-order valence-corrected chi connectivity index (χ2v) is 6.35. The summed E-state index contributed by atoms with van der Waals surface area (Å²) >= 11 is 0. The third-order valence-electron chi connectivity index (χ3n) is 4.26. The molecule has 0 unspecified atom stereocenters. The van der Waals surface area contributed by atoms with Crippen molar-refractivity contribution < 1.29 is 27.5 Å². The number of hydrogen-bond acceptors (Lipinski definition) is 8. The van der Waals surface area contributed by atoms with Crippen LogP contribution in [0.5, 0.6) is 0 Å². The minimum Gasteiger partial charge on any atom is -0.477 e. The summed E-state index contributed by atoms with van der Waals surface area (Å²) in [6, 6.07) is 3.97. The third kappa shape index (κ3) is 4.12. The van der Waals surface area contributed by atoms with Crippen LogP contribution in [0.15, 0.2) is 43.0 Å². The summed E-state index contributed by atoms with van der Waals surface area (Å²) < 4.78 is 51.4. The first kappa shape index (κ1) is 21.0. The van der Waals surface area contributed by atoms with Crippen LogP contribution < -0.4 is 5.32 Å². The molecule has 9 nitrogen and oxygen atoms in total. The zero-order valence-electron chi connectivity index (χ0n) is 15.8. The molecule has 4 heterocycles. The lowest BCUT2D eigenvalue weighted by molar-refractivity contribution is -0.138. The highest BCUT2D eigenvalue weighted by atomic mass is 19.4. The molecule has 0 fully saturated rings. The van der Waals surface area contributed by atoms with Gasteiger partial charge in [-0.15, -0.1) is 0 Å². The number of carboxylic acid groups (broad SMARTS) is 1. The van der Waals surface area contributed by atoms with Gasteiger partial charge in [-0.2, -0.15) is 13.2 Å². The Morgan fingerprint density at radius 3 is 2.41 bits per heavy atom. The Labute approximate surface area is 176 Å². The minimum atomic E-state index is -4.56. The molecule has 4 rings (SSSR count). The Hall–Kier alpha value is -4.29. The molecule has 4 aromatic heterocycles. The largest absolute Gasteiger partial charge is 0.477 e. The fourth-order valence-corrected chi connectivity index (χ4v) is 2.73. The van der Waals surface area contributed by atoms with Crippen LogP contribution in [0.1, 0.15) is 21.6 Å².